The van der Waals surface area contributed by atoms with E-state index in [0.717, 1.165) is 11.1 Å². The minimum atomic E-state index is 0.239. The van der Waals surface area contributed by atoms with Gasteiger partial charge in [0.15, 0.2) is 11.8 Å². The molecule has 0 unspecified atom stereocenters. The summed E-state index contributed by atoms with van der Waals surface area (Å²) in [6.07, 6.45) is 1.75. The number of fused-ring (bicyclic) bond motifs is 1. The summed E-state index contributed by atoms with van der Waals surface area (Å²) >= 11 is 0. The third-order valence-electron chi connectivity index (χ3n) is 1.71. The van der Waals surface area contributed by atoms with Crippen LogP contribution >= 0.6 is 0 Å². The monoisotopic (exact) mass is 173 g/mol. The molecule has 0 amide bonds. The minimum Gasteiger partial charge on any atom is -0.423 e. The summed E-state index contributed by atoms with van der Waals surface area (Å²) in [7, 11) is 0. The Kier molecular flexibility index (Phi) is 1.64. The van der Waals surface area contributed by atoms with E-state index in [4.69, 9.17) is 9.68 Å². The number of oxazole rings is 1. The highest BCUT2D eigenvalue weighted by Crippen LogP contribution is 2.19. The predicted molar refractivity (Wildman–Crippen MR) is 48.0 cm³/mol. The van der Waals surface area contributed by atoms with Crippen molar-refractivity contribution in [1.29, 1.82) is 5.26 Å². The number of nitrogens with one attached hydrogen (secondary N) is 1. The summed E-state index contributed by atoms with van der Waals surface area (Å²) in [5.74, 6) is 0. The van der Waals surface area contributed by atoms with Crippen LogP contribution in [0.3, 0.4) is 0 Å². The first-order chi connectivity index (χ1) is 6.29. The predicted octanol–water partition coefficient (Wildman–Crippen LogP) is 2.03. The van der Waals surface area contributed by atoms with Crippen molar-refractivity contribution in [3.63, 3.8) is 0 Å². The average molecular weight is 173 g/mol. The topological polar surface area (TPSA) is 61.9 Å². The molecule has 0 saturated heterocycles. The summed E-state index contributed by atoms with van der Waals surface area (Å²) in [6.45, 7) is 1.97. The number of hydrogen-bond donors (Lipinski definition) is 1. The molecule has 0 atom stereocenters. The molecule has 0 saturated carbocycles. The van der Waals surface area contributed by atoms with E-state index in [2.05, 4.69) is 10.3 Å². The minimum absolute atomic E-state index is 0.239. The fraction of sp³-hybridized carbons (Fsp3) is 0.111. The zero-order chi connectivity index (χ0) is 9.26. The highest BCUT2D eigenvalue weighted by atomic mass is 16.4. The van der Waals surface area contributed by atoms with Gasteiger partial charge in [-0.2, -0.15) is 10.2 Å². The Hall–Kier alpha value is -2.02. The van der Waals surface area contributed by atoms with Crippen LogP contribution in [0.4, 0.5) is 6.01 Å². The number of hydrogen-bond acceptors (Lipinski definition) is 4. The quantitative estimate of drug-likeness (QED) is 0.529. The number of rotatable bonds is 1. The molecule has 1 aromatic heterocycles. The zero-order valence-corrected chi connectivity index (χ0v) is 7.03. The van der Waals surface area contributed by atoms with E-state index in [1.165, 1.54) is 0 Å². The van der Waals surface area contributed by atoms with E-state index in [9.17, 15) is 0 Å². The van der Waals surface area contributed by atoms with Gasteiger partial charge in [0, 0.05) is 0 Å². The fourth-order valence-corrected chi connectivity index (χ4v) is 1.13. The lowest BCUT2D eigenvalue weighted by Gasteiger charge is -1.87. The van der Waals surface area contributed by atoms with Gasteiger partial charge in [0.1, 0.15) is 5.52 Å². The first-order valence-corrected chi connectivity index (χ1v) is 3.82. The summed E-state index contributed by atoms with van der Waals surface area (Å²) < 4.78 is 5.24. The van der Waals surface area contributed by atoms with Gasteiger partial charge in [-0.3, -0.25) is 0 Å². The van der Waals surface area contributed by atoms with Crippen LogP contribution in [0.25, 0.3) is 11.1 Å². The molecule has 64 valence electrons. The van der Waals surface area contributed by atoms with Gasteiger partial charge >= 0.3 is 6.01 Å². The van der Waals surface area contributed by atoms with Gasteiger partial charge in [-0.1, -0.05) is 6.07 Å². The molecule has 0 aliphatic rings. The number of aryl methyl sites for hydroxylation is 1. The molecule has 0 fully saturated rings. The van der Waals surface area contributed by atoms with Crippen molar-refractivity contribution in [3.05, 3.63) is 23.8 Å². The molecule has 4 heteroatoms. The van der Waals surface area contributed by atoms with Crippen LogP contribution in [0.15, 0.2) is 22.6 Å². The Labute approximate surface area is 74.8 Å². The van der Waals surface area contributed by atoms with Crippen LogP contribution in [0.1, 0.15) is 5.56 Å². The number of anilines is 1. The Morgan fingerprint density at radius 1 is 1.54 bits per heavy atom. The van der Waals surface area contributed by atoms with Crippen LogP contribution in [-0.2, 0) is 0 Å². The van der Waals surface area contributed by atoms with E-state index in [1.54, 1.807) is 6.19 Å². The first kappa shape index (κ1) is 7.62. The standard InChI is InChI=1S/C9H7N3O/c1-6-2-3-7-8(4-6)13-9(12-7)11-5-10/h2-4H,1H3,(H,11,12). The van der Waals surface area contributed by atoms with Gasteiger partial charge in [0.25, 0.3) is 0 Å². The molecule has 0 bridgehead atoms. The smallest absolute Gasteiger partial charge is 0.309 e. The van der Waals surface area contributed by atoms with Crippen molar-refractivity contribution in [2.75, 3.05) is 5.32 Å². The van der Waals surface area contributed by atoms with E-state index in [0.29, 0.717) is 5.58 Å². The Balaban J connectivity index is 2.57. The molecule has 4 nitrogen and oxygen atoms in total. The highest BCUT2D eigenvalue weighted by Gasteiger charge is 2.03. The average Bonchev–Trinajstić information content (AvgIpc) is 2.46. The lowest BCUT2D eigenvalue weighted by Crippen LogP contribution is -1.84. The van der Waals surface area contributed by atoms with Crippen LogP contribution in [0.5, 0.6) is 0 Å². The summed E-state index contributed by atoms with van der Waals surface area (Å²) in [5, 5.41) is 10.7. The molecule has 0 aliphatic carbocycles. The van der Waals surface area contributed by atoms with E-state index < -0.39 is 0 Å². The fourth-order valence-electron chi connectivity index (χ4n) is 1.13. The second-order valence-corrected chi connectivity index (χ2v) is 2.73. The second-order valence-electron chi connectivity index (χ2n) is 2.73. The molecular formula is C9H7N3O. The maximum atomic E-state index is 8.34. The van der Waals surface area contributed by atoms with Gasteiger partial charge in [-0.25, -0.2) is 5.32 Å². The molecule has 2 rings (SSSR count). The lowest BCUT2D eigenvalue weighted by atomic mass is 10.2. The molecule has 0 aliphatic heterocycles. The highest BCUT2D eigenvalue weighted by molar-refractivity contribution is 5.75. The number of aromatic nitrogens is 1. The van der Waals surface area contributed by atoms with E-state index >= 15 is 0 Å². The molecule has 1 heterocycles. The van der Waals surface area contributed by atoms with Crippen molar-refractivity contribution in [2.24, 2.45) is 0 Å². The second kappa shape index (κ2) is 2.79. The van der Waals surface area contributed by atoms with Gasteiger partial charge in [-0.05, 0) is 24.6 Å². The van der Waals surface area contributed by atoms with E-state index in [1.807, 2.05) is 25.1 Å². The van der Waals surface area contributed by atoms with Gasteiger partial charge in [-0.15, -0.1) is 0 Å². The van der Waals surface area contributed by atoms with Crippen molar-refractivity contribution in [2.45, 2.75) is 6.92 Å². The third-order valence-corrected chi connectivity index (χ3v) is 1.71. The number of nitrogens with zero attached hydrogens (tertiary/aromatic N) is 2. The summed E-state index contributed by atoms with van der Waals surface area (Å²) in [4.78, 5) is 4.04. The van der Waals surface area contributed by atoms with Crippen molar-refractivity contribution in [3.8, 4) is 6.19 Å². The molecule has 0 spiro atoms. The molecule has 1 aromatic carbocycles. The van der Waals surface area contributed by atoms with Crippen LogP contribution in [-0.4, -0.2) is 4.98 Å². The van der Waals surface area contributed by atoms with E-state index in [-0.39, 0.29) is 6.01 Å². The van der Waals surface area contributed by atoms with Crippen molar-refractivity contribution < 1.29 is 4.42 Å². The van der Waals surface area contributed by atoms with Crippen LogP contribution in [0, 0.1) is 18.4 Å². The van der Waals surface area contributed by atoms with Crippen LogP contribution in [0.2, 0.25) is 0 Å². The van der Waals surface area contributed by atoms with Crippen LogP contribution < -0.4 is 5.32 Å². The SMILES string of the molecule is Cc1ccc2nc(NC#N)oc2c1. The zero-order valence-electron chi connectivity index (χ0n) is 7.03. The van der Waals surface area contributed by atoms with Gasteiger partial charge in [0.05, 0.1) is 0 Å². The summed E-state index contributed by atoms with van der Waals surface area (Å²) in [6, 6.07) is 5.92. The Bertz CT molecular complexity index is 481. The first-order valence-electron chi connectivity index (χ1n) is 3.82. The van der Waals surface area contributed by atoms with Crippen molar-refractivity contribution >= 4 is 17.1 Å². The molecule has 13 heavy (non-hydrogen) atoms. The Morgan fingerprint density at radius 3 is 3.15 bits per heavy atom. The molecule has 0 radical (unpaired) electrons. The maximum Gasteiger partial charge on any atom is 0.309 e. The van der Waals surface area contributed by atoms with Gasteiger partial charge in [0.2, 0.25) is 0 Å². The molecular weight excluding hydrogens is 166 g/mol. The number of benzene rings is 1. The van der Waals surface area contributed by atoms with Gasteiger partial charge < -0.3 is 4.42 Å². The largest absolute Gasteiger partial charge is 0.423 e. The lowest BCUT2D eigenvalue weighted by molar-refractivity contribution is 0.623. The summed E-state index contributed by atoms with van der Waals surface area (Å²) in [5.41, 5.74) is 2.55. The normalized spacial score (nSPS) is 9.85. The maximum absolute atomic E-state index is 8.34. The third kappa shape index (κ3) is 1.32. The molecule has 1 N–H and O–H groups in total. The Morgan fingerprint density at radius 2 is 2.38 bits per heavy atom. The number of nitriles is 1. The van der Waals surface area contributed by atoms with Crippen molar-refractivity contribution in [1.82, 2.24) is 4.98 Å². The molecule has 2 aromatic rings.